The summed E-state index contributed by atoms with van der Waals surface area (Å²) in [5.41, 5.74) is 1.97. The normalized spacial score (nSPS) is 11.3. The van der Waals surface area contributed by atoms with Crippen LogP contribution in [0, 0.1) is 6.92 Å². The number of rotatable bonds is 10. The summed E-state index contributed by atoms with van der Waals surface area (Å²) in [5.74, 6) is 1.34. The Labute approximate surface area is 224 Å². The van der Waals surface area contributed by atoms with E-state index in [9.17, 15) is 13.2 Å². The molecule has 38 heavy (non-hydrogen) atoms. The fraction of sp³-hybridized carbons (Fsp3) is 0.280. The summed E-state index contributed by atoms with van der Waals surface area (Å²) in [6.07, 6.45) is 1.17. The van der Waals surface area contributed by atoms with Crippen molar-refractivity contribution >= 4 is 54.9 Å². The Bertz CT molecular complexity index is 1590. The molecular weight excluding hydrogens is 530 g/mol. The maximum atomic E-state index is 12.2. The molecule has 0 bridgehead atoms. The van der Waals surface area contributed by atoms with Crippen molar-refractivity contribution in [1.29, 1.82) is 0 Å². The molecule has 0 saturated heterocycles. The second-order valence-corrected chi connectivity index (χ2v) is 11.2. The van der Waals surface area contributed by atoms with Crippen LogP contribution in [0.4, 0.5) is 16.9 Å². The molecule has 4 aromatic rings. The number of ether oxygens (including phenoxy) is 3. The third-order valence-corrected chi connectivity index (χ3v) is 7.67. The highest BCUT2D eigenvalue weighted by Crippen LogP contribution is 2.35. The molecule has 0 saturated carbocycles. The Morgan fingerprint density at radius 1 is 1.03 bits per heavy atom. The van der Waals surface area contributed by atoms with Gasteiger partial charge in [-0.2, -0.15) is 4.98 Å². The number of hydrogen-bond donors (Lipinski definition) is 2. The predicted molar refractivity (Wildman–Crippen MR) is 146 cm³/mol. The van der Waals surface area contributed by atoms with Gasteiger partial charge in [0.2, 0.25) is 5.95 Å². The molecule has 0 spiro atoms. The van der Waals surface area contributed by atoms with Crippen molar-refractivity contribution in [1.82, 2.24) is 15.0 Å². The number of carbonyl (C=O) groups excluding carboxylic acids is 1. The number of methoxy groups -OCH3 is 2. The minimum atomic E-state index is -3.28. The zero-order valence-corrected chi connectivity index (χ0v) is 23.1. The molecule has 2 aromatic heterocycles. The highest BCUT2D eigenvalue weighted by atomic mass is 32.2. The van der Waals surface area contributed by atoms with Gasteiger partial charge in [-0.15, -0.1) is 0 Å². The lowest BCUT2D eigenvalue weighted by Gasteiger charge is -2.14. The lowest BCUT2D eigenvalue weighted by atomic mass is 10.2. The van der Waals surface area contributed by atoms with E-state index >= 15 is 0 Å². The second kappa shape index (κ2) is 11.2. The molecule has 0 aliphatic rings. The molecule has 0 fully saturated rings. The van der Waals surface area contributed by atoms with Crippen LogP contribution in [0.2, 0.25) is 0 Å². The number of thiazole rings is 1. The molecular formula is C25H27N5O6S2. The van der Waals surface area contributed by atoms with Crippen LogP contribution in [-0.2, 0) is 21.1 Å². The number of hydrogen-bond acceptors (Lipinski definition) is 12. The van der Waals surface area contributed by atoms with Gasteiger partial charge < -0.3 is 19.5 Å². The van der Waals surface area contributed by atoms with E-state index in [1.165, 1.54) is 6.26 Å². The predicted octanol–water partition coefficient (Wildman–Crippen LogP) is 4.35. The molecule has 0 aliphatic heterocycles. The lowest BCUT2D eigenvalue weighted by molar-refractivity contribution is 0.0531. The summed E-state index contributed by atoms with van der Waals surface area (Å²) in [5, 5.41) is 7.50. The van der Waals surface area contributed by atoms with Crippen LogP contribution < -0.4 is 20.1 Å². The number of sulfone groups is 1. The summed E-state index contributed by atoms with van der Waals surface area (Å²) in [6, 6.07) is 10.1. The Morgan fingerprint density at radius 2 is 1.71 bits per heavy atom. The standard InChI is InChI=1S/C25H27N5O6S2/c1-6-36-23(31)21-14(2)27-25(37-21)30-24-28-18-12-20(35-4)19(34-3)11-17(18)22(29-24)26-13-15-7-9-16(10-8-15)38(5,32)33/h7-12H,6,13H2,1-5H3,(H2,26,27,28,29,30). The number of nitrogens with zero attached hydrogens (tertiary/aromatic N) is 3. The summed E-state index contributed by atoms with van der Waals surface area (Å²) >= 11 is 1.15. The molecule has 2 N–H and O–H groups in total. The van der Waals surface area contributed by atoms with E-state index in [0.29, 0.717) is 50.5 Å². The minimum Gasteiger partial charge on any atom is -0.493 e. The maximum Gasteiger partial charge on any atom is 0.350 e. The Kier molecular flexibility index (Phi) is 7.97. The quantitative estimate of drug-likeness (QED) is 0.269. The van der Waals surface area contributed by atoms with E-state index in [0.717, 1.165) is 16.9 Å². The van der Waals surface area contributed by atoms with Gasteiger partial charge in [-0.05, 0) is 37.6 Å². The van der Waals surface area contributed by atoms with Crippen LogP contribution in [0.5, 0.6) is 11.5 Å². The molecule has 4 rings (SSSR count). The zero-order chi connectivity index (χ0) is 27.4. The molecule has 13 heteroatoms. The third-order valence-electron chi connectivity index (χ3n) is 5.49. The van der Waals surface area contributed by atoms with Gasteiger partial charge in [0.05, 0.1) is 36.9 Å². The van der Waals surface area contributed by atoms with Crippen LogP contribution in [0.25, 0.3) is 10.9 Å². The zero-order valence-electron chi connectivity index (χ0n) is 21.5. The van der Waals surface area contributed by atoms with E-state index in [2.05, 4.69) is 25.6 Å². The van der Waals surface area contributed by atoms with Crippen molar-refractivity contribution in [2.75, 3.05) is 37.7 Å². The van der Waals surface area contributed by atoms with Gasteiger partial charge in [0.25, 0.3) is 0 Å². The van der Waals surface area contributed by atoms with Crippen LogP contribution in [0.1, 0.15) is 27.9 Å². The average Bonchev–Trinajstić information content (AvgIpc) is 3.26. The van der Waals surface area contributed by atoms with Gasteiger partial charge in [-0.25, -0.2) is 23.2 Å². The molecule has 0 atom stereocenters. The van der Waals surface area contributed by atoms with E-state index in [4.69, 9.17) is 14.2 Å². The smallest absolute Gasteiger partial charge is 0.350 e. The van der Waals surface area contributed by atoms with Crippen LogP contribution in [0.15, 0.2) is 41.3 Å². The molecule has 11 nitrogen and oxygen atoms in total. The number of anilines is 3. The third kappa shape index (κ3) is 5.94. The van der Waals surface area contributed by atoms with Gasteiger partial charge in [0, 0.05) is 24.3 Å². The Balaban J connectivity index is 1.69. The largest absolute Gasteiger partial charge is 0.493 e. The van der Waals surface area contributed by atoms with Gasteiger partial charge in [0.15, 0.2) is 26.5 Å². The molecule has 0 aliphatic carbocycles. The van der Waals surface area contributed by atoms with E-state index in [1.807, 2.05) is 0 Å². The van der Waals surface area contributed by atoms with E-state index < -0.39 is 15.8 Å². The number of nitrogens with one attached hydrogen (secondary N) is 2. The van der Waals surface area contributed by atoms with Crippen molar-refractivity contribution in [3.05, 3.63) is 52.5 Å². The minimum absolute atomic E-state index is 0.248. The molecule has 0 radical (unpaired) electrons. The van der Waals surface area contributed by atoms with Gasteiger partial charge >= 0.3 is 5.97 Å². The number of esters is 1. The summed E-state index contributed by atoms with van der Waals surface area (Å²) in [6.45, 7) is 4.11. The summed E-state index contributed by atoms with van der Waals surface area (Å²) in [7, 11) is -0.200. The van der Waals surface area contributed by atoms with Crippen molar-refractivity contribution in [3.8, 4) is 11.5 Å². The van der Waals surface area contributed by atoms with Crippen LogP contribution in [-0.4, -0.2) is 56.4 Å². The van der Waals surface area contributed by atoms with E-state index in [1.54, 1.807) is 64.5 Å². The number of benzene rings is 2. The highest BCUT2D eigenvalue weighted by Gasteiger charge is 2.18. The first-order valence-corrected chi connectivity index (χ1v) is 14.2. The summed E-state index contributed by atoms with van der Waals surface area (Å²) in [4.78, 5) is 26.5. The molecule has 0 unspecified atom stereocenters. The lowest BCUT2D eigenvalue weighted by Crippen LogP contribution is -2.06. The number of aromatic nitrogens is 3. The first-order chi connectivity index (χ1) is 18.1. The first kappa shape index (κ1) is 27.1. The fourth-order valence-electron chi connectivity index (χ4n) is 3.62. The number of fused-ring (bicyclic) bond motifs is 1. The fourth-order valence-corrected chi connectivity index (χ4v) is 5.10. The van der Waals surface area contributed by atoms with Crippen molar-refractivity contribution in [2.45, 2.75) is 25.3 Å². The first-order valence-electron chi connectivity index (χ1n) is 11.5. The molecule has 0 amide bonds. The summed E-state index contributed by atoms with van der Waals surface area (Å²) < 4.78 is 39.5. The van der Waals surface area contributed by atoms with Gasteiger partial charge in [0.1, 0.15) is 10.7 Å². The maximum absolute atomic E-state index is 12.2. The second-order valence-electron chi connectivity index (χ2n) is 8.17. The molecule has 2 heterocycles. The highest BCUT2D eigenvalue weighted by molar-refractivity contribution is 7.90. The average molecular weight is 558 g/mol. The van der Waals surface area contributed by atoms with Crippen molar-refractivity contribution < 1.29 is 27.4 Å². The molecule has 2 aromatic carbocycles. The molecule has 200 valence electrons. The monoisotopic (exact) mass is 557 g/mol. The Morgan fingerprint density at radius 3 is 2.34 bits per heavy atom. The van der Waals surface area contributed by atoms with Crippen molar-refractivity contribution in [2.24, 2.45) is 0 Å². The Hall–Kier alpha value is -3.97. The van der Waals surface area contributed by atoms with Crippen molar-refractivity contribution in [3.63, 3.8) is 0 Å². The SMILES string of the molecule is CCOC(=O)c1sc(Nc2nc(NCc3ccc(S(C)(=O)=O)cc3)c3cc(OC)c(OC)cc3n2)nc1C. The van der Waals surface area contributed by atoms with Crippen LogP contribution >= 0.6 is 11.3 Å². The van der Waals surface area contributed by atoms with Crippen LogP contribution in [0.3, 0.4) is 0 Å². The van der Waals surface area contributed by atoms with Gasteiger partial charge in [-0.1, -0.05) is 23.5 Å². The number of aryl methyl sites for hydroxylation is 1. The van der Waals surface area contributed by atoms with Gasteiger partial charge in [-0.3, -0.25) is 5.32 Å². The topological polar surface area (TPSA) is 142 Å². The van der Waals surface area contributed by atoms with E-state index in [-0.39, 0.29) is 17.5 Å². The number of carbonyl (C=O) groups is 1.